The van der Waals surface area contributed by atoms with Gasteiger partial charge in [-0.2, -0.15) is 0 Å². The molecule has 2 aromatic rings. The molecule has 1 fully saturated rings. The Bertz CT molecular complexity index is 635. The van der Waals surface area contributed by atoms with Gasteiger partial charge in [-0.3, -0.25) is 0 Å². The molecule has 2 aromatic carbocycles. The Balaban J connectivity index is 1.90. The fraction of sp³-hybridized carbons (Fsp3) is 0.333. The lowest BCUT2D eigenvalue weighted by Crippen LogP contribution is -2.19. The molecule has 21 heavy (non-hydrogen) atoms. The summed E-state index contributed by atoms with van der Waals surface area (Å²) < 4.78 is 0. The van der Waals surface area contributed by atoms with Crippen molar-refractivity contribution in [3.63, 3.8) is 0 Å². The van der Waals surface area contributed by atoms with Crippen LogP contribution in [0.4, 0.5) is 11.4 Å². The van der Waals surface area contributed by atoms with Crippen LogP contribution in [0, 0.1) is 6.92 Å². The van der Waals surface area contributed by atoms with Crippen molar-refractivity contribution in [3.8, 4) is 0 Å². The molecule has 0 aromatic heterocycles. The molecule has 110 valence electrons. The third-order valence-electron chi connectivity index (χ3n) is 4.04. The van der Waals surface area contributed by atoms with Crippen LogP contribution in [0.25, 0.3) is 0 Å². The van der Waals surface area contributed by atoms with Crippen molar-refractivity contribution < 1.29 is 0 Å². The summed E-state index contributed by atoms with van der Waals surface area (Å²) in [4.78, 5) is 2.25. The molecule has 3 heteroatoms. The quantitative estimate of drug-likeness (QED) is 0.863. The highest BCUT2D eigenvalue weighted by Gasteiger charge is 2.21. The van der Waals surface area contributed by atoms with E-state index in [0.717, 1.165) is 11.6 Å². The maximum Gasteiger partial charge on any atom is 0.0454 e. The van der Waals surface area contributed by atoms with E-state index in [-0.39, 0.29) is 0 Å². The molecule has 0 heterocycles. The molecular formula is C18H21ClN2. The number of anilines is 2. The topological polar surface area (TPSA) is 15.3 Å². The minimum atomic E-state index is 0.695. The molecule has 3 rings (SSSR count). The van der Waals surface area contributed by atoms with Gasteiger partial charge in [-0.25, -0.2) is 0 Å². The van der Waals surface area contributed by atoms with Crippen molar-refractivity contribution in [2.45, 2.75) is 32.4 Å². The van der Waals surface area contributed by atoms with E-state index >= 15 is 0 Å². The Labute approximate surface area is 131 Å². The number of para-hydroxylation sites is 1. The summed E-state index contributed by atoms with van der Waals surface area (Å²) in [6.07, 6.45) is 2.59. The highest BCUT2D eigenvalue weighted by molar-refractivity contribution is 6.30. The van der Waals surface area contributed by atoms with Crippen molar-refractivity contribution in [1.29, 1.82) is 0 Å². The summed E-state index contributed by atoms with van der Waals surface area (Å²) in [6.45, 7) is 3.01. The minimum Gasteiger partial charge on any atom is -0.344 e. The van der Waals surface area contributed by atoms with Gasteiger partial charge < -0.3 is 10.2 Å². The Hall–Kier alpha value is -1.51. The first-order valence-corrected chi connectivity index (χ1v) is 7.84. The van der Waals surface area contributed by atoms with E-state index in [1.54, 1.807) is 0 Å². The van der Waals surface area contributed by atoms with Crippen LogP contribution in [0.3, 0.4) is 0 Å². The summed E-state index contributed by atoms with van der Waals surface area (Å²) in [6, 6.07) is 15.3. The zero-order valence-electron chi connectivity index (χ0n) is 12.6. The second-order valence-electron chi connectivity index (χ2n) is 5.77. The molecule has 0 unspecified atom stereocenters. The number of nitrogens with zero attached hydrogens (tertiary/aromatic N) is 1. The largest absolute Gasteiger partial charge is 0.344 e. The first-order valence-electron chi connectivity index (χ1n) is 7.46. The third kappa shape index (κ3) is 3.39. The highest BCUT2D eigenvalue weighted by atomic mass is 35.5. The molecule has 1 N–H and O–H groups in total. The standard InChI is InChI=1S/C18H21ClN2/c1-13-5-3-4-6-17(13)21(2)18-10-7-15(19)11-14(18)12-20-16-8-9-16/h3-7,10-11,16,20H,8-9,12H2,1-2H3. The van der Waals surface area contributed by atoms with E-state index in [2.05, 4.69) is 60.6 Å². The van der Waals surface area contributed by atoms with Crippen molar-refractivity contribution in [3.05, 3.63) is 58.6 Å². The summed E-state index contributed by atoms with van der Waals surface area (Å²) >= 11 is 6.18. The van der Waals surface area contributed by atoms with Crippen LogP contribution in [-0.4, -0.2) is 13.1 Å². The summed E-state index contributed by atoms with van der Waals surface area (Å²) in [5.74, 6) is 0. The fourth-order valence-electron chi connectivity index (χ4n) is 2.63. The second kappa shape index (κ2) is 6.08. The third-order valence-corrected chi connectivity index (χ3v) is 4.27. The molecule has 0 bridgehead atoms. The van der Waals surface area contributed by atoms with Crippen LogP contribution >= 0.6 is 11.6 Å². The maximum atomic E-state index is 6.18. The first-order chi connectivity index (χ1) is 10.1. The van der Waals surface area contributed by atoms with E-state index in [1.807, 2.05) is 6.07 Å². The van der Waals surface area contributed by atoms with Gasteiger partial charge in [0.25, 0.3) is 0 Å². The number of rotatable bonds is 5. The van der Waals surface area contributed by atoms with Crippen molar-refractivity contribution in [2.75, 3.05) is 11.9 Å². The molecule has 0 radical (unpaired) electrons. The Morgan fingerprint density at radius 2 is 1.90 bits per heavy atom. The van der Waals surface area contributed by atoms with E-state index in [1.165, 1.54) is 35.3 Å². The number of halogens is 1. The van der Waals surface area contributed by atoms with Crippen LogP contribution < -0.4 is 10.2 Å². The number of hydrogen-bond donors (Lipinski definition) is 1. The average molecular weight is 301 g/mol. The van der Waals surface area contributed by atoms with Gasteiger partial charge >= 0.3 is 0 Å². The van der Waals surface area contributed by atoms with Gasteiger partial charge in [-0.1, -0.05) is 29.8 Å². The first kappa shape index (κ1) is 14.4. The van der Waals surface area contributed by atoms with Gasteiger partial charge in [0.05, 0.1) is 0 Å². The SMILES string of the molecule is Cc1ccccc1N(C)c1ccc(Cl)cc1CNC1CC1. The van der Waals surface area contributed by atoms with E-state index in [4.69, 9.17) is 11.6 Å². The predicted octanol–water partition coefficient (Wildman–Crippen LogP) is 4.67. The van der Waals surface area contributed by atoms with Crippen LogP contribution in [0.1, 0.15) is 24.0 Å². The normalized spacial score (nSPS) is 14.2. The van der Waals surface area contributed by atoms with E-state index in [0.29, 0.717) is 6.04 Å². The molecule has 0 saturated heterocycles. The smallest absolute Gasteiger partial charge is 0.0454 e. The summed E-state index contributed by atoms with van der Waals surface area (Å²) in [7, 11) is 2.12. The van der Waals surface area contributed by atoms with Gasteiger partial charge in [0.2, 0.25) is 0 Å². The highest BCUT2D eigenvalue weighted by Crippen LogP contribution is 2.31. The summed E-state index contributed by atoms with van der Waals surface area (Å²) in [5.41, 5.74) is 4.96. The van der Waals surface area contributed by atoms with Crippen molar-refractivity contribution in [1.82, 2.24) is 5.32 Å². The van der Waals surface area contributed by atoms with Crippen molar-refractivity contribution in [2.24, 2.45) is 0 Å². The number of benzene rings is 2. The van der Waals surface area contributed by atoms with Gasteiger partial charge in [-0.05, 0) is 55.2 Å². The molecule has 1 aliphatic rings. The molecule has 1 saturated carbocycles. The number of hydrogen-bond acceptors (Lipinski definition) is 2. The van der Waals surface area contributed by atoms with Crippen LogP contribution in [0.2, 0.25) is 5.02 Å². The summed E-state index contributed by atoms with van der Waals surface area (Å²) in [5, 5.41) is 4.37. The molecule has 0 atom stereocenters. The lowest BCUT2D eigenvalue weighted by atomic mass is 10.1. The van der Waals surface area contributed by atoms with Crippen LogP contribution in [-0.2, 0) is 6.54 Å². The lowest BCUT2D eigenvalue weighted by molar-refractivity contribution is 0.687. The monoisotopic (exact) mass is 300 g/mol. The minimum absolute atomic E-state index is 0.695. The lowest BCUT2D eigenvalue weighted by Gasteiger charge is -2.24. The molecular weight excluding hydrogens is 280 g/mol. The zero-order chi connectivity index (χ0) is 14.8. The van der Waals surface area contributed by atoms with Gasteiger partial charge in [0, 0.05) is 36.0 Å². The average Bonchev–Trinajstić information content (AvgIpc) is 3.29. The van der Waals surface area contributed by atoms with Crippen molar-refractivity contribution >= 4 is 23.0 Å². The van der Waals surface area contributed by atoms with Crippen LogP contribution in [0.5, 0.6) is 0 Å². The Kier molecular flexibility index (Phi) is 4.18. The Morgan fingerprint density at radius 1 is 1.14 bits per heavy atom. The molecule has 0 spiro atoms. The number of aryl methyl sites for hydroxylation is 1. The van der Waals surface area contributed by atoms with Gasteiger partial charge in [-0.15, -0.1) is 0 Å². The molecule has 2 nitrogen and oxygen atoms in total. The molecule has 1 aliphatic carbocycles. The predicted molar refractivity (Wildman–Crippen MR) is 90.6 cm³/mol. The number of nitrogens with one attached hydrogen (secondary N) is 1. The molecule has 0 amide bonds. The maximum absolute atomic E-state index is 6.18. The van der Waals surface area contributed by atoms with E-state index < -0.39 is 0 Å². The fourth-order valence-corrected chi connectivity index (χ4v) is 2.83. The van der Waals surface area contributed by atoms with Crippen LogP contribution in [0.15, 0.2) is 42.5 Å². The van der Waals surface area contributed by atoms with E-state index in [9.17, 15) is 0 Å². The molecule has 0 aliphatic heterocycles. The zero-order valence-corrected chi connectivity index (χ0v) is 13.3. The Morgan fingerprint density at radius 3 is 2.62 bits per heavy atom. The van der Waals surface area contributed by atoms with Gasteiger partial charge in [0.15, 0.2) is 0 Å². The second-order valence-corrected chi connectivity index (χ2v) is 6.21. The van der Waals surface area contributed by atoms with Gasteiger partial charge in [0.1, 0.15) is 0 Å².